The molecule has 0 radical (unpaired) electrons. The van der Waals surface area contributed by atoms with Crippen molar-refractivity contribution < 1.29 is 14.3 Å². The highest BCUT2D eigenvalue weighted by Crippen LogP contribution is 2.36. The van der Waals surface area contributed by atoms with Crippen molar-refractivity contribution in [2.75, 3.05) is 14.2 Å². The summed E-state index contributed by atoms with van der Waals surface area (Å²) in [6.07, 6.45) is 3.15. The molecular weight excluding hydrogens is 362 g/mol. The predicted octanol–water partition coefficient (Wildman–Crippen LogP) is 2.33. The van der Waals surface area contributed by atoms with Gasteiger partial charge >= 0.3 is 0 Å². The van der Waals surface area contributed by atoms with Gasteiger partial charge in [0.2, 0.25) is 0 Å². The summed E-state index contributed by atoms with van der Waals surface area (Å²) in [4.78, 5) is 26.9. The number of nitrogens with one attached hydrogen (secondary N) is 1. The van der Waals surface area contributed by atoms with Crippen LogP contribution in [-0.4, -0.2) is 25.0 Å². The van der Waals surface area contributed by atoms with Gasteiger partial charge in [-0.15, -0.1) is 11.3 Å². The summed E-state index contributed by atoms with van der Waals surface area (Å²) in [7, 11) is 3.02. The zero-order valence-electron chi connectivity index (χ0n) is 14.7. The normalized spacial score (nSPS) is 13.2. The van der Waals surface area contributed by atoms with Crippen LogP contribution in [-0.2, 0) is 4.79 Å². The number of aromatic nitrogens is 1. The van der Waals surface area contributed by atoms with Gasteiger partial charge in [-0.25, -0.2) is 0 Å². The number of methoxy groups -OCH3 is 2. The minimum absolute atomic E-state index is 0.0503. The van der Waals surface area contributed by atoms with Crippen molar-refractivity contribution in [1.29, 1.82) is 0 Å². The molecule has 0 aliphatic carbocycles. The van der Waals surface area contributed by atoms with Crippen LogP contribution in [0.25, 0.3) is 12.2 Å². The molecule has 0 amide bonds. The minimum Gasteiger partial charge on any atom is -0.493 e. The van der Waals surface area contributed by atoms with E-state index in [0.29, 0.717) is 31.3 Å². The van der Waals surface area contributed by atoms with Gasteiger partial charge in [0.15, 0.2) is 17.3 Å². The van der Waals surface area contributed by atoms with E-state index < -0.39 is 5.41 Å². The standard InChI is InChI=1S/C18H20ClNO4S/c1-18(2,3)14(21)9-15-20-17(22)13(25-15)8-10-6-11(19)16(24-5)12(7-10)23-4/h6-9H,1-5H3,(H,20,22). The van der Waals surface area contributed by atoms with Crippen LogP contribution in [0.3, 0.4) is 0 Å². The molecule has 0 spiro atoms. The van der Waals surface area contributed by atoms with Crippen molar-refractivity contribution in [1.82, 2.24) is 4.98 Å². The molecule has 0 aliphatic heterocycles. The van der Waals surface area contributed by atoms with E-state index in [2.05, 4.69) is 4.98 Å². The minimum atomic E-state index is -0.498. The third kappa shape index (κ3) is 4.52. The maximum Gasteiger partial charge on any atom is 0.266 e. The molecule has 25 heavy (non-hydrogen) atoms. The Morgan fingerprint density at radius 2 is 1.92 bits per heavy atom. The average molecular weight is 382 g/mol. The summed E-state index contributed by atoms with van der Waals surface area (Å²) in [5.41, 5.74) is -0.0608. The molecule has 0 atom stereocenters. The van der Waals surface area contributed by atoms with Gasteiger partial charge < -0.3 is 14.5 Å². The molecule has 5 nitrogen and oxygen atoms in total. The van der Waals surface area contributed by atoms with Gasteiger partial charge in [0, 0.05) is 11.5 Å². The first-order chi connectivity index (χ1) is 11.7. The molecule has 0 aliphatic rings. The van der Waals surface area contributed by atoms with Gasteiger partial charge in [-0.3, -0.25) is 9.59 Å². The lowest BCUT2D eigenvalue weighted by atomic mass is 9.91. The van der Waals surface area contributed by atoms with Crippen LogP contribution in [0.2, 0.25) is 5.02 Å². The molecule has 1 heterocycles. The third-order valence-corrected chi connectivity index (χ3v) is 4.68. The Labute approximate surface area is 154 Å². The van der Waals surface area contributed by atoms with Crippen molar-refractivity contribution in [3.05, 3.63) is 42.3 Å². The number of Topliss-reactive ketones (excluding diaryl/α,β-unsaturated/α-hetero) is 1. The van der Waals surface area contributed by atoms with Gasteiger partial charge in [-0.2, -0.15) is 0 Å². The van der Waals surface area contributed by atoms with Crippen molar-refractivity contribution >= 4 is 40.9 Å². The summed E-state index contributed by atoms with van der Waals surface area (Å²) in [5.74, 6) is 0.862. The Kier molecular flexibility index (Phi) is 5.75. The fourth-order valence-corrected chi connectivity index (χ4v) is 3.21. The Morgan fingerprint density at radius 3 is 2.48 bits per heavy atom. The SMILES string of the molecule is COc1cc(C=c2sc(=CC(=O)C(C)(C)C)[nH]c2=O)cc(Cl)c1OC. The van der Waals surface area contributed by atoms with Crippen molar-refractivity contribution in [3.8, 4) is 11.5 Å². The van der Waals surface area contributed by atoms with Crippen LogP contribution in [0.15, 0.2) is 16.9 Å². The second-order valence-corrected chi connectivity index (χ2v) is 7.92. The number of ether oxygens (including phenoxy) is 2. The van der Waals surface area contributed by atoms with Gasteiger partial charge in [0.05, 0.1) is 28.4 Å². The van der Waals surface area contributed by atoms with Crippen LogP contribution in [0.1, 0.15) is 26.3 Å². The number of carbonyl (C=O) groups excluding carboxylic acids is 1. The quantitative estimate of drug-likeness (QED) is 0.882. The number of aromatic amines is 1. The zero-order valence-corrected chi connectivity index (χ0v) is 16.3. The van der Waals surface area contributed by atoms with Crippen LogP contribution < -0.4 is 24.2 Å². The van der Waals surface area contributed by atoms with E-state index in [1.165, 1.54) is 31.6 Å². The zero-order chi connectivity index (χ0) is 18.8. The Bertz CT molecular complexity index is 966. The van der Waals surface area contributed by atoms with Gasteiger partial charge in [0.25, 0.3) is 5.56 Å². The molecule has 1 aromatic heterocycles. The fraction of sp³-hybridized carbons (Fsp3) is 0.333. The molecule has 0 saturated carbocycles. The number of halogens is 1. The highest BCUT2D eigenvalue weighted by Gasteiger charge is 2.18. The third-order valence-electron chi connectivity index (χ3n) is 3.44. The maximum absolute atomic E-state index is 12.1. The number of H-pyrrole nitrogens is 1. The van der Waals surface area contributed by atoms with E-state index in [1.807, 2.05) is 20.8 Å². The van der Waals surface area contributed by atoms with E-state index >= 15 is 0 Å². The Balaban J connectivity index is 2.54. The molecule has 7 heteroatoms. The van der Waals surface area contributed by atoms with Crippen LogP contribution in [0.4, 0.5) is 0 Å². The van der Waals surface area contributed by atoms with Crippen molar-refractivity contribution in [2.24, 2.45) is 5.41 Å². The second kappa shape index (κ2) is 7.45. The molecule has 2 aromatic rings. The number of benzene rings is 1. The number of hydrogen-bond donors (Lipinski definition) is 1. The van der Waals surface area contributed by atoms with Crippen LogP contribution in [0.5, 0.6) is 11.5 Å². The van der Waals surface area contributed by atoms with E-state index in [4.69, 9.17) is 21.1 Å². The lowest BCUT2D eigenvalue weighted by molar-refractivity contribution is -0.119. The van der Waals surface area contributed by atoms with Crippen LogP contribution >= 0.6 is 22.9 Å². The van der Waals surface area contributed by atoms with Gasteiger partial charge in [-0.1, -0.05) is 32.4 Å². The first kappa shape index (κ1) is 19.3. The predicted molar refractivity (Wildman–Crippen MR) is 101 cm³/mol. The van der Waals surface area contributed by atoms with E-state index in [0.717, 1.165) is 0 Å². The Morgan fingerprint density at radius 1 is 1.24 bits per heavy atom. The molecule has 0 fully saturated rings. The number of hydrogen-bond acceptors (Lipinski definition) is 5. The topological polar surface area (TPSA) is 68.4 Å². The van der Waals surface area contributed by atoms with Gasteiger partial charge in [0.1, 0.15) is 0 Å². The summed E-state index contributed by atoms with van der Waals surface area (Å²) in [5, 5.41) is 0.385. The first-order valence-corrected chi connectivity index (χ1v) is 8.73. The summed E-state index contributed by atoms with van der Waals surface area (Å²) in [6, 6.07) is 3.42. The van der Waals surface area contributed by atoms with Crippen molar-refractivity contribution in [3.63, 3.8) is 0 Å². The summed E-state index contributed by atoms with van der Waals surface area (Å²) >= 11 is 7.40. The molecule has 0 bridgehead atoms. The molecule has 134 valence electrons. The molecular formula is C18H20ClNO4S. The molecule has 1 N–H and O–H groups in total. The number of thiazole rings is 1. The van der Waals surface area contributed by atoms with Crippen molar-refractivity contribution in [2.45, 2.75) is 20.8 Å². The highest BCUT2D eigenvalue weighted by molar-refractivity contribution is 7.07. The Hall–Kier alpha value is -2.05. The van der Waals surface area contributed by atoms with E-state index in [9.17, 15) is 9.59 Å². The number of rotatable bonds is 4. The lowest BCUT2D eigenvalue weighted by Crippen LogP contribution is -2.22. The smallest absolute Gasteiger partial charge is 0.266 e. The highest BCUT2D eigenvalue weighted by atomic mass is 35.5. The monoisotopic (exact) mass is 381 g/mol. The largest absolute Gasteiger partial charge is 0.493 e. The fourth-order valence-electron chi connectivity index (χ4n) is 2.03. The van der Waals surface area contributed by atoms with E-state index in [-0.39, 0.29) is 11.3 Å². The molecule has 2 rings (SSSR count). The number of ketones is 1. The molecule has 0 saturated heterocycles. The second-order valence-electron chi connectivity index (χ2n) is 6.43. The van der Waals surface area contributed by atoms with Crippen LogP contribution in [0, 0.1) is 5.41 Å². The van der Waals surface area contributed by atoms with Gasteiger partial charge in [-0.05, 0) is 23.8 Å². The maximum atomic E-state index is 12.1. The molecule has 0 unspecified atom stereocenters. The first-order valence-electron chi connectivity index (χ1n) is 7.54. The number of carbonyl (C=O) groups is 1. The summed E-state index contributed by atoms with van der Waals surface area (Å²) < 4.78 is 11.4. The molecule has 1 aromatic carbocycles. The summed E-state index contributed by atoms with van der Waals surface area (Å²) in [6.45, 7) is 5.49. The van der Waals surface area contributed by atoms with E-state index in [1.54, 1.807) is 18.2 Å². The average Bonchev–Trinajstić information content (AvgIpc) is 2.85. The lowest BCUT2D eigenvalue weighted by Gasteiger charge is -2.12.